The second-order valence-corrected chi connectivity index (χ2v) is 7.02. The van der Waals surface area contributed by atoms with Crippen LogP contribution in [0.2, 0.25) is 0 Å². The van der Waals surface area contributed by atoms with Gasteiger partial charge in [-0.1, -0.05) is 42.5 Å². The number of phenols is 1. The number of phenolic OH excluding ortho intramolecular Hbond substituents is 1. The van der Waals surface area contributed by atoms with Crippen LogP contribution in [0.15, 0.2) is 72.8 Å². The number of rotatable bonds is 5. The zero-order valence-corrected chi connectivity index (χ0v) is 15.4. The van der Waals surface area contributed by atoms with E-state index in [4.69, 9.17) is 0 Å². The highest BCUT2D eigenvalue weighted by molar-refractivity contribution is 6.11. The van der Waals surface area contributed by atoms with Gasteiger partial charge in [-0.3, -0.25) is 9.59 Å². The van der Waals surface area contributed by atoms with Crippen LogP contribution in [0.1, 0.15) is 27.9 Å². The van der Waals surface area contributed by atoms with Crippen molar-refractivity contribution in [2.75, 3.05) is 4.90 Å². The zero-order chi connectivity index (χ0) is 20.6. The van der Waals surface area contributed by atoms with Crippen molar-refractivity contribution in [2.45, 2.75) is 18.6 Å². The quantitative estimate of drug-likeness (QED) is 0.652. The molecule has 1 atom stereocenters. The van der Waals surface area contributed by atoms with E-state index < -0.39 is 29.5 Å². The number of carbonyl (C=O) groups excluding carboxylic acids is 2. The van der Waals surface area contributed by atoms with Crippen LogP contribution in [0, 0.1) is 5.82 Å². The molecule has 1 aliphatic heterocycles. The maximum Gasteiger partial charge on any atom is 0.264 e. The van der Waals surface area contributed by atoms with Crippen LogP contribution >= 0.6 is 0 Å². The maximum absolute atomic E-state index is 13.6. The highest BCUT2D eigenvalue weighted by Gasteiger charge is 2.50. The maximum atomic E-state index is 13.6. The van der Waals surface area contributed by atoms with Crippen molar-refractivity contribution < 1.29 is 24.2 Å². The van der Waals surface area contributed by atoms with Gasteiger partial charge in [0, 0.05) is 5.56 Å². The fraction of sp³-hybridized carbons (Fsp3) is 0.130. The standard InChI is InChI=1S/C23H18FNO4/c24-16-7-5-6-15(12-16)14-25-19-10-3-2-9-18(19)23(29,22(25)28)13-21(27)17-8-1-4-11-20(17)26/h1-12,26,29H,13-14H2/t23-/m0/s1. The molecule has 1 heterocycles. The molecule has 4 rings (SSSR count). The summed E-state index contributed by atoms with van der Waals surface area (Å²) >= 11 is 0. The molecule has 5 nitrogen and oxygen atoms in total. The van der Waals surface area contributed by atoms with E-state index >= 15 is 0 Å². The van der Waals surface area contributed by atoms with Crippen molar-refractivity contribution >= 4 is 17.4 Å². The van der Waals surface area contributed by atoms with Crippen LogP contribution in [0.3, 0.4) is 0 Å². The van der Waals surface area contributed by atoms with Gasteiger partial charge in [-0.25, -0.2) is 4.39 Å². The second kappa shape index (κ2) is 7.14. The van der Waals surface area contributed by atoms with Crippen LogP contribution < -0.4 is 4.90 Å². The number of Topliss-reactive ketones (excluding diaryl/α,β-unsaturated/α-hetero) is 1. The number of hydrogen-bond donors (Lipinski definition) is 2. The van der Waals surface area contributed by atoms with Crippen molar-refractivity contribution in [3.05, 3.63) is 95.3 Å². The Labute approximate surface area is 166 Å². The minimum absolute atomic E-state index is 0.0368. The molecular formula is C23H18FNO4. The summed E-state index contributed by atoms with van der Waals surface area (Å²) in [6.45, 7) is 0.0562. The summed E-state index contributed by atoms with van der Waals surface area (Å²) in [6.07, 6.45) is -0.514. The fourth-order valence-electron chi connectivity index (χ4n) is 3.69. The molecule has 0 unspecified atom stereocenters. The average Bonchev–Trinajstić information content (AvgIpc) is 2.90. The number of aromatic hydroxyl groups is 1. The molecule has 0 saturated heterocycles. The van der Waals surface area contributed by atoms with Gasteiger partial charge in [-0.05, 0) is 35.9 Å². The minimum atomic E-state index is -2.07. The lowest BCUT2D eigenvalue weighted by Gasteiger charge is -2.23. The van der Waals surface area contributed by atoms with Crippen molar-refractivity contribution in [1.82, 2.24) is 0 Å². The first kappa shape index (κ1) is 18.8. The van der Waals surface area contributed by atoms with Gasteiger partial charge in [0.15, 0.2) is 11.4 Å². The Kier molecular flexibility index (Phi) is 4.64. The molecule has 29 heavy (non-hydrogen) atoms. The van der Waals surface area contributed by atoms with Crippen LogP contribution in [0.5, 0.6) is 5.75 Å². The lowest BCUT2D eigenvalue weighted by atomic mass is 9.88. The Hall–Kier alpha value is -3.51. The highest BCUT2D eigenvalue weighted by atomic mass is 19.1. The molecule has 3 aromatic carbocycles. The van der Waals surface area contributed by atoms with Gasteiger partial charge in [-0.15, -0.1) is 0 Å². The Balaban J connectivity index is 1.70. The number of halogens is 1. The number of benzene rings is 3. The molecule has 0 radical (unpaired) electrons. The van der Waals surface area contributed by atoms with E-state index in [1.807, 2.05) is 0 Å². The van der Waals surface area contributed by atoms with Crippen LogP contribution in [0.25, 0.3) is 0 Å². The summed E-state index contributed by atoms with van der Waals surface area (Å²) < 4.78 is 13.6. The number of anilines is 1. The molecule has 0 saturated carbocycles. The summed E-state index contributed by atoms with van der Waals surface area (Å²) in [5.41, 5.74) is -0.692. The SMILES string of the molecule is O=C(C[C@@]1(O)C(=O)N(Cc2cccc(F)c2)c2ccccc21)c1ccccc1O. The molecule has 3 aromatic rings. The number of hydrogen-bond acceptors (Lipinski definition) is 4. The third kappa shape index (κ3) is 3.28. The third-order valence-corrected chi connectivity index (χ3v) is 5.09. The molecule has 0 fully saturated rings. The summed E-state index contributed by atoms with van der Waals surface area (Å²) in [6, 6.07) is 18.5. The number of aliphatic hydroxyl groups is 1. The monoisotopic (exact) mass is 391 g/mol. The van der Waals surface area contributed by atoms with E-state index in [9.17, 15) is 24.2 Å². The molecule has 0 aromatic heterocycles. The van der Waals surface area contributed by atoms with Crippen LogP contribution in [0.4, 0.5) is 10.1 Å². The number of amides is 1. The zero-order valence-electron chi connectivity index (χ0n) is 15.4. The summed E-state index contributed by atoms with van der Waals surface area (Å²) in [7, 11) is 0. The molecule has 146 valence electrons. The van der Waals surface area contributed by atoms with Crippen LogP contribution in [-0.4, -0.2) is 21.9 Å². The number of fused-ring (bicyclic) bond motifs is 1. The van der Waals surface area contributed by atoms with Gasteiger partial charge in [0.1, 0.15) is 11.6 Å². The molecule has 0 spiro atoms. The minimum Gasteiger partial charge on any atom is -0.507 e. The predicted octanol–water partition coefficient (Wildman–Crippen LogP) is 3.54. The summed E-state index contributed by atoms with van der Waals surface area (Å²) in [5, 5.41) is 21.2. The Bertz CT molecular complexity index is 1110. The number of para-hydroxylation sites is 2. The van der Waals surface area contributed by atoms with Gasteiger partial charge in [0.25, 0.3) is 5.91 Å². The first-order valence-electron chi connectivity index (χ1n) is 9.09. The van der Waals surface area contributed by atoms with Crippen molar-refractivity contribution in [1.29, 1.82) is 0 Å². The van der Waals surface area contributed by atoms with Crippen molar-refractivity contribution in [2.24, 2.45) is 0 Å². The number of carbonyl (C=O) groups is 2. The van der Waals surface area contributed by atoms with E-state index in [0.29, 0.717) is 16.8 Å². The van der Waals surface area contributed by atoms with E-state index in [2.05, 4.69) is 0 Å². The molecule has 0 aliphatic carbocycles. The molecular weight excluding hydrogens is 373 g/mol. The van der Waals surface area contributed by atoms with E-state index in [1.54, 1.807) is 48.5 Å². The topological polar surface area (TPSA) is 77.8 Å². The molecule has 2 N–H and O–H groups in total. The first-order chi connectivity index (χ1) is 13.9. The normalized spacial score (nSPS) is 18.0. The highest BCUT2D eigenvalue weighted by Crippen LogP contribution is 2.43. The van der Waals surface area contributed by atoms with Crippen molar-refractivity contribution in [3.63, 3.8) is 0 Å². The van der Waals surface area contributed by atoms with Crippen LogP contribution in [-0.2, 0) is 16.9 Å². The Morgan fingerprint density at radius 1 is 1.00 bits per heavy atom. The van der Waals surface area contributed by atoms with E-state index in [-0.39, 0.29) is 17.9 Å². The summed E-state index contributed by atoms with van der Waals surface area (Å²) in [4.78, 5) is 27.3. The smallest absolute Gasteiger partial charge is 0.264 e. The van der Waals surface area contributed by atoms with E-state index in [0.717, 1.165) is 0 Å². The van der Waals surface area contributed by atoms with Gasteiger partial charge < -0.3 is 15.1 Å². The average molecular weight is 391 g/mol. The second-order valence-electron chi connectivity index (χ2n) is 7.02. The van der Waals surface area contributed by atoms with E-state index in [1.165, 1.54) is 29.2 Å². The fourth-order valence-corrected chi connectivity index (χ4v) is 3.69. The van der Waals surface area contributed by atoms with Gasteiger partial charge in [0.05, 0.1) is 24.2 Å². The van der Waals surface area contributed by atoms with Gasteiger partial charge in [-0.2, -0.15) is 0 Å². The van der Waals surface area contributed by atoms with Crippen molar-refractivity contribution in [3.8, 4) is 5.75 Å². The number of ketones is 1. The molecule has 6 heteroatoms. The Morgan fingerprint density at radius 3 is 2.48 bits per heavy atom. The lowest BCUT2D eigenvalue weighted by molar-refractivity contribution is -0.136. The summed E-state index contributed by atoms with van der Waals surface area (Å²) in [5.74, 6) is -1.85. The molecule has 0 bridgehead atoms. The number of nitrogens with zero attached hydrogens (tertiary/aromatic N) is 1. The molecule has 1 aliphatic rings. The third-order valence-electron chi connectivity index (χ3n) is 5.09. The first-order valence-corrected chi connectivity index (χ1v) is 9.09. The molecule has 1 amide bonds. The largest absolute Gasteiger partial charge is 0.507 e. The lowest BCUT2D eigenvalue weighted by Crippen LogP contribution is -2.41. The van der Waals surface area contributed by atoms with Gasteiger partial charge in [0.2, 0.25) is 0 Å². The van der Waals surface area contributed by atoms with Gasteiger partial charge >= 0.3 is 0 Å². The predicted molar refractivity (Wildman–Crippen MR) is 105 cm³/mol. The Morgan fingerprint density at radius 2 is 1.72 bits per heavy atom.